The van der Waals surface area contributed by atoms with E-state index in [-0.39, 0.29) is 0 Å². The Labute approximate surface area is 74.6 Å². The highest BCUT2D eigenvalue weighted by molar-refractivity contribution is 6.48. The first-order chi connectivity index (χ1) is 5.79. The van der Waals surface area contributed by atoms with Crippen LogP contribution in [0.1, 0.15) is 13.3 Å². The molecule has 1 aliphatic rings. The molecule has 12 heavy (non-hydrogen) atoms. The van der Waals surface area contributed by atoms with Crippen LogP contribution in [0.4, 0.5) is 0 Å². The summed E-state index contributed by atoms with van der Waals surface area (Å²) in [6.45, 7) is 3.38. The van der Waals surface area contributed by atoms with Gasteiger partial charge in [0.25, 0.3) is 0 Å². The van der Waals surface area contributed by atoms with E-state index in [4.69, 9.17) is 18.3 Å². The number of epoxide rings is 1. The van der Waals surface area contributed by atoms with E-state index in [1.165, 1.54) is 0 Å². The van der Waals surface area contributed by atoms with E-state index < -0.39 is 14.7 Å². The minimum atomic E-state index is -1.77. The van der Waals surface area contributed by atoms with E-state index in [1.807, 2.05) is 0 Å². The Morgan fingerprint density at radius 3 is 2.33 bits per heavy atom. The molecule has 0 aromatic rings. The summed E-state index contributed by atoms with van der Waals surface area (Å²) in [5, 5.41) is 0. The minimum absolute atomic E-state index is 0.487. The molecule has 1 rings (SSSR count). The molecular formula is C7H16O4Si. The van der Waals surface area contributed by atoms with E-state index in [0.717, 1.165) is 6.42 Å². The third-order valence-electron chi connectivity index (χ3n) is 1.77. The number of hydrogen-bond acceptors (Lipinski definition) is 4. The summed E-state index contributed by atoms with van der Waals surface area (Å²) in [6, 6.07) is 0. The topological polar surface area (TPSA) is 40.2 Å². The van der Waals surface area contributed by atoms with Gasteiger partial charge in [0.15, 0.2) is 0 Å². The summed E-state index contributed by atoms with van der Waals surface area (Å²) in [6.07, 6.45) is 0.986. The molecule has 4 nitrogen and oxygen atoms in total. The number of ether oxygens (including phenoxy) is 2. The molecule has 0 aromatic heterocycles. The molecule has 1 atom stereocenters. The van der Waals surface area contributed by atoms with Gasteiger partial charge >= 0.3 is 9.28 Å². The van der Waals surface area contributed by atoms with Crippen molar-refractivity contribution in [1.29, 1.82) is 0 Å². The molecule has 1 fully saturated rings. The lowest BCUT2D eigenvalue weighted by molar-refractivity contribution is -0.0140. The van der Waals surface area contributed by atoms with Crippen molar-refractivity contribution in [2.45, 2.75) is 18.8 Å². The molecule has 72 valence electrons. The van der Waals surface area contributed by atoms with Gasteiger partial charge in [0.2, 0.25) is 5.41 Å². The average Bonchev–Trinajstić information content (AvgIpc) is 2.85. The Morgan fingerprint density at radius 2 is 2.00 bits per heavy atom. The summed E-state index contributed by atoms with van der Waals surface area (Å²) in [5.41, 5.74) is -0.487. The Bertz CT molecular complexity index is 133. The second kappa shape index (κ2) is 4.34. The standard InChI is InChI=1S/C7H16O4Si/c1-4-5-10-7(6-11-7)12(8-2)9-3/h12H,4-6H2,1-3H3. The maximum absolute atomic E-state index is 5.52. The maximum Gasteiger partial charge on any atom is 0.386 e. The molecule has 0 spiro atoms. The summed E-state index contributed by atoms with van der Waals surface area (Å²) in [7, 11) is 1.51. The fraction of sp³-hybridized carbons (Fsp3) is 1.00. The lowest BCUT2D eigenvalue weighted by Crippen LogP contribution is -2.41. The van der Waals surface area contributed by atoms with Crippen LogP contribution in [0.25, 0.3) is 0 Å². The van der Waals surface area contributed by atoms with E-state index in [1.54, 1.807) is 14.2 Å². The second-order valence-corrected chi connectivity index (χ2v) is 5.24. The molecule has 1 aliphatic heterocycles. The Balaban J connectivity index is 2.35. The maximum atomic E-state index is 5.52. The monoisotopic (exact) mass is 192 g/mol. The van der Waals surface area contributed by atoms with Crippen LogP contribution >= 0.6 is 0 Å². The van der Waals surface area contributed by atoms with Gasteiger partial charge in [-0.15, -0.1) is 0 Å². The first-order valence-corrected chi connectivity index (χ1v) is 5.64. The highest BCUT2D eigenvalue weighted by Gasteiger charge is 2.57. The van der Waals surface area contributed by atoms with Crippen molar-refractivity contribution in [2.24, 2.45) is 0 Å². The predicted octanol–water partition coefficient (Wildman–Crippen LogP) is 0.192. The van der Waals surface area contributed by atoms with Crippen LogP contribution in [0.5, 0.6) is 0 Å². The molecule has 1 unspecified atom stereocenters. The van der Waals surface area contributed by atoms with Crippen molar-refractivity contribution in [3.8, 4) is 0 Å². The van der Waals surface area contributed by atoms with Crippen LogP contribution in [0.2, 0.25) is 0 Å². The van der Waals surface area contributed by atoms with Crippen molar-refractivity contribution in [3.63, 3.8) is 0 Å². The SMILES string of the molecule is CCCOC1([SiH](OC)OC)CO1. The summed E-state index contributed by atoms with van der Waals surface area (Å²) in [5.74, 6) is 0. The van der Waals surface area contributed by atoms with Crippen molar-refractivity contribution >= 4 is 9.28 Å². The van der Waals surface area contributed by atoms with Gasteiger partial charge in [-0.2, -0.15) is 0 Å². The zero-order valence-electron chi connectivity index (χ0n) is 7.83. The fourth-order valence-electron chi connectivity index (χ4n) is 1.09. The summed E-state index contributed by atoms with van der Waals surface area (Å²) < 4.78 is 21.1. The Hall–Kier alpha value is 0.0569. The summed E-state index contributed by atoms with van der Waals surface area (Å²) in [4.78, 5) is 0. The van der Waals surface area contributed by atoms with Crippen molar-refractivity contribution in [2.75, 3.05) is 27.4 Å². The van der Waals surface area contributed by atoms with Gasteiger partial charge < -0.3 is 18.3 Å². The van der Waals surface area contributed by atoms with Crippen LogP contribution in [0, 0.1) is 0 Å². The summed E-state index contributed by atoms with van der Waals surface area (Å²) >= 11 is 0. The first-order valence-electron chi connectivity index (χ1n) is 4.12. The highest BCUT2D eigenvalue weighted by Crippen LogP contribution is 2.32. The normalized spacial score (nSPS) is 28.0. The van der Waals surface area contributed by atoms with Crippen molar-refractivity contribution in [1.82, 2.24) is 0 Å². The average molecular weight is 192 g/mol. The van der Waals surface area contributed by atoms with Crippen LogP contribution in [0.15, 0.2) is 0 Å². The lowest BCUT2D eigenvalue weighted by Gasteiger charge is -2.18. The van der Waals surface area contributed by atoms with Crippen LogP contribution < -0.4 is 0 Å². The Morgan fingerprint density at radius 1 is 1.42 bits per heavy atom. The number of hydrogen-bond donors (Lipinski definition) is 0. The predicted molar refractivity (Wildman–Crippen MR) is 46.1 cm³/mol. The molecule has 0 radical (unpaired) electrons. The third kappa shape index (κ3) is 2.05. The molecule has 0 amide bonds. The molecule has 5 heteroatoms. The van der Waals surface area contributed by atoms with Crippen LogP contribution in [0.3, 0.4) is 0 Å². The van der Waals surface area contributed by atoms with E-state index in [9.17, 15) is 0 Å². The largest absolute Gasteiger partial charge is 0.397 e. The van der Waals surface area contributed by atoms with Crippen LogP contribution in [-0.2, 0) is 18.3 Å². The zero-order chi connectivity index (χ0) is 9.03. The van der Waals surface area contributed by atoms with Crippen molar-refractivity contribution in [3.05, 3.63) is 0 Å². The molecule has 0 bridgehead atoms. The van der Waals surface area contributed by atoms with E-state index in [0.29, 0.717) is 13.2 Å². The van der Waals surface area contributed by atoms with Gasteiger partial charge in [-0.1, -0.05) is 6.92 Å². The minimum Gasteiger partial charge on any atom is -0.397 e. The molecule has 0 aliphatic carbocycles. The van der Waals surface area contributed by atoms with Crippen molar-refractivity contribution < 1.29 is 18.3 Å². The van der Waals surface area contributed by atoms with Gasteiger partial charge in [0.1, 0.15) is 6.61 Å². The van der Waals surface area contributed by atoms with E-state index >= 15 is 0 Å². The van der Waals surface area contributed by atoms with E-state index in [2.05, 4.69) is 6.92 Å². The van der Waals surface area contributed by atoms with Gasteiger partial charge in [0.05, 0.1) is 0 Å². The molecule has 1 heterocycles. The van der Waals surface area contributed by atoms with Gasteiger partial charge in [-0.25, -0.2) is 0 Å². The number of rotatable bonds is 6. The highest BCUT2D eigenvalue weighted by atomic mass is 28.3. The van der Waals surface area contributed by atoms with Crippen LogP contribution in [-0.4, -0.2) is 42.1 Å². The molecule has 0 aromatic carbocycles. The molecule has 0 saturated carbocycles. The smallest absolute Gasteiger partial charge is 0.386 e. The van der Waals surface area contributed by atoms with Gasteiger partial charge in [0, 0.05) is 20.8 Å². The second-order valence-electron chi connectivity index (χ2n) is 2.75. The van der Waals surface area contributed by atoms with Gasteiger partial charge in [-0.3, -0.25) is 0 Å². The zero-order valence-corrected chi connectivity index (χ0v) is 8.99. The Kier molecular flexibility index (Phi) is 3.67. The third-order valence-corrected chi connectivity index (χ3v) is 3.84. The quantitative estimate of drug-likeness (QED) is 0.445. The lowest BCUT2D eigenvalue weighted by atomic mass is 10.5. The first kappa shape index (κ1) is 10.1. The molecular weight excluding hydrogens is 176 g/mol. The molecule has 1 saturated heterocycles. The van der Waals surface area contributed by atoms with Gasteiger partial charge in [-0.05, 0) is 6.42 Å². The fourth-order valence-corrected chi connectivity index (χ4v) is 2.61. The molecule has 0 N–H and O–H groups in total.